The summed E-state index contributed by atoms with van der Waals surface area (Å²) in [6, 6.07) is 8.25. The molecule has 0 spiro atoms. The second-order valence-electron chi connectivity index (χ2n) is 4.94. The Labute approximate surface area is 123 Å². The van der Waals surface area contributed by atoms with E-state index in [9.17, 15) is 8.42 Å². The van der Waals surface area contributed by atoms with Gasteiger partial charge in [0.15, 0.2) is 0 Å². The van der Waals surface area contributed by atoms with E-state index in [-0.39, 0.29) is 11.9 Å². The van der Waals surface area contributed by atoms with Crippen LogP contribution in [0, 0.1) is 0 Å². The lowest BCUT2D eigenvalue weighted by Crippen LogP contribution is -2.24. The van der Waals surface area contributed by atoms with Gasteiger partial charge in [0, 0.05) is 4.47 Å². The first-order valence-electron chi connectivity index (χ1n) is 6.67. The zero-order chi connectivity index (χ0) is 13.9. The van der Waals surface area contributed by atoms with Gasteiger partial charge >= 0.3 is 0 Å². The highest BCUT2D eigenvalue weighted by Gasteiger charge is 2.26. The largest absolute Gasteiger partial charge is 0.267 e. The zero-order valence-corrected chi connectivity index (χ0v) is 13.4. The molecule has 0 heterocycles. The fourth-order valence-corrected chi connectivity index (χ4v) is 3.90. The van der Waals surface area contributed by atoms with Crippen molar-refractivity contribution in [3.63, 3.8) is 0 Å². The standard InChI is InChI=1S/C14H19BrO3S/c1-2-19(16,17)18-12-9-7-11(8-10-12)13-5-3-4-6-14(13)15/h3-6,11-12H,2,7-10H2,1H3. The highest BCUT2D eigenvalue weighted by molar-refractivity contribution is 9.10. The lowest BCUT2D eigenvalue weighted by Gasteiger charge is -2.28. The summed E-state index contributed by atoms with van der Waals surface area (Å²) in [6.07, 6.45) is 3.44. The Morgan fingerprint density at radius 2 is 1.84 bits per heavy atom. The van der Waals surface area contributed by atoms with E-state index in [4.69, 9.17) is 4.18 Å². The molecule has 0 atom stereocenters. The summed E-state index contributed by atoms with van der Waals surface area (Å²) in [5.74, 6) is 0.553. The fraction of sp³-hybridized carbons (Fsp3) is 0.571. The van der Waals surface area contributed by atoms with Gasteiger partial charge in [0.25, 0.3) is 10.1 Å². The van der Waals surface area contributed by atoms with Gasteiger partial charge in [0.2, 0.25) is 0 Å². The molecule has 2 rings (SSSR count). The second kappa shape index (κ2) is 6.37. The molecule has 0 bridgehead atoms. The molecule has 1 aromatic rings. The van der Waals surface area contributed by atoms with Gasteiger partial charge < -0.3 is 0 Å². The SMILES string of the molecule is CCS(=O)(=O)OC1CCC(c2ccccc2Br)CC1. The molecule has 3 nitrogen and oxygen atoms in total. The van der Waals surface area contributed by atoms with Crippen molar-refractivity contribution >= 4 is 26.0 Å². The van der Waals surface area contributed by atoms with Crippen molar-refractivity contribution in [2.75, 3.05) is 5.75 Å². The van der Waals surface area contributed by atoms with E-state index in [2.05, 4.69) is 28.1 Å². The summed E-state index contributed by atoms with van der Waals surface area (Å²) in [6.45, 7) is 1.61. The molecule has 1 aliphatic carbocycles. The van der Waals surface area contributed by atoms with Gasteiger partial charge in [-0.15, -0.1) is 0 Å². The maximum atomic E-state index is 11.4. The molecular formula is C14H19BrO3S. The van der Waals surface area contributed by atoms with Gasteiger partial charge in [-0.1, -0.05) is 34.1 Å². The number of rotatable bonds is 4. The Kier molecular flexibility index (Phi) is 5.03. The van der Waals surface area contributed by atoms with Crippen LogP contribution in [0.25, 0.3) is 0 Å². The smallest absolute Gasteiger partial charge is 0.267 e. The highest BCUT2D eigenvalue weighted by Crippen LogP contribution is 2.37. The van der Waals surface area contributed by atoms with Crippen molar-refractivity contribution in [2.24, 2.45) is 0 Å². The lowest BCUT2D eigenvalue weighted by molar-refractivity contribution is 0.153. The van der Waals surface area contributed by atoms with Gasteiger partial charge in [-0.3, -0.25) is 4.18 Å². The third-order valence-corrected chi connectivity index (χ3v) is 5.65. The predicted molar refractivity (Wildman–Crippen MR) is 79.7 cm³/mol. The van der Waals surface area contributed by atoms with Crippen LogP contribution in [-0.4, -0.2) is 20.3 Å². The van der Waals surface area contributed by atoms with Crippen LogP contribution in [-0.2, 0) is 14.3 Å². The molecule has 0 N–H and O–H groups in total. The Bertz CT molecular complexity index is 519. The minimum Gasteiger partial charge on any atom is -0.267 e. The van der Waals surface area contributed by atoms with Crippen LogP contribution < -0.4 is 0 Å². The van der Waals surface area contributed by atoms with Crippen molar-refractivity contribution < 1.29 is 12.6 Å². The summed E-state index contributed by atoms with van der Waals surface area (Å²) in [5.41, 5.74) is 1.32. The third-order valence-electron chi connectivity index (χ3n) is 3.66. The van der Waals surface area contributed by atoms with E-state index >= 15 is 0 Å². The molecule has 106 valence electrons. The van der Waals surface area contributed by atoms with Gasteiger partial charge in [-0.05, 0) is 50.2 Å². The van der Waals surface area contributed by atoms with Crippen LogP contribution in [0.15, 0.2) is 28.7 Å². The van der Waals surface area contributed by atoms with E-state index < -0.39 is 10.1 Å². The Hall–Kier alpha value is -0.390. The summed E-state index contributed by atoms with van der Waals surface area (Å²) in [4.78, 5) is 0. The first-order valence-corrected chi connectivity index (χ1v) is 9.04. The van der Waals surface area contributed by atoms with Crippen molar-refractivity contribution in [1.82, 2.24) is 0 Å². The number of hydrogen-bond acceptors (Lipinski definition) is 3. The average Bonchev–Trinajstić information content (AvgIpc) is 2.40. The van der Waals surface area contributed by atoms with Crippen molar-refractivity contribution in [3.8, 4) is 0 Å². The van der Waals surface area contributed by atoms with Crippen LogP contribution in [0.1, 0.15) is 44.1 Å². The molecule has 0 radical (unpaired) electrons. The van der Waals surface area contributed by atoms with Crippen LogP contribution in [0.2, 0.25) is 0 Å². The maximum absolute atomic E-state index is 11.4. The number of benzene rings is 1. The van der Waals surface area contributed by atoms with E-state index in [1.54, 1.807) is 6.92 Å². The molecular weight excluding hydrogens is 328 g/mol. The average molecular weight is 347 g/mol. The molecule has 0 unspecified atom stereocenters. The fourth-order valence-electron chi connectivity index (χ4n) is 2.55. The van der Waals surface area contributed by atoms with Gasteiger partial charge in [0.05, 0.1) is 11.9 Å². The molecule has 5 heteroatoms. The summed E-state index contributed by atoms with van der Waals surface area (Å²) < 4.78 is 29.2. The van der Waals surface area contributed by atoms with E-state index in [1.807, 2.05) is 12.1 Å². The lowest BCUT2D eigenvalue weighted by atomic mass is 9.83. The van der Waals surface area contributed by atoms with Gasteiger partial charge in [-0.25, -0.2) is 0 Å². The molecule has 1 aromatic carbocycles. The van der Waals surface area contributed by atoms with E-state index in [0.717, 1.165) is 30.2 Å². The quantitative estimate of drug-likeness (QED) is 0.778. The molecule has 19 heavy (non-hydrogen) atoms. The molecule has 1 aliphatic rings. The Balaban J connectivity index is 1.95. The maximum Gasteiger partial charge on any atom is 0.267 e. The van der Waals surface area contributed by atoms with Crippen LogP contribution in [0.4, 0.5) is 0 Å². The monoisotopic (exact) mass is 346 g/mol. The van der Waals surface area contributed by atoms with Crippen LogP contribution in [0.3, 0.4) is 0 Å². The topological polar surface area (TPSA) is 43.4 Å². The number of halogens is 1. The molecule has 0 saturated heterocycles. The number of hydrogen-bond donors (Lipinski definition) is 0. The van der Waals surface area contributed by atoms with E-state index in [0.29, 0.717) is 5.92 Å². The van der Waals surface area contributed by atoms with Gasteiger partial charge in [0.1, 0.15) is 0 Å². The highest BCUT2D eigenvalue weighted by atomic mass is 79.9. The molecule has 0 aliphatic heterocycles. The first-order chi connectivity index (χ1) is 9.02. The van der Waals surface area contributed by atoms with E-state index in [1.165, 1.54) is 5.56 Å². The van der Waals surface area contributed by atoms with Crippen molar-refractivity contribution in [2.45, 2.75) is 44.6 Å². The van der Waals surface area contributed by atoms with Gasteiger partial charge in [-0.2, -0.15) is 8.42 Å². The minimum atomic E-state index is -3.32. The summed E-state index contributed by atoms with van der Waals surface area (Å²) >= 11 is 3.58. The van der Waals surface area contributed by atoms with Crippen LogP contribution >= 0.6 is 15.9 Å². The van der Waals surface area contributed by atoms with Crippen molar-refractivity contribution in [3.05, 3.63) is 34.3 Å². The zero-order valence-electron chi connectivity index (χ0n) is 11.0. The van der Waals surface area contributed by atoms with Crippen molar-refractivity contribution in [1.29, 1.82) is 0 Å². The Morgan fingerprint density at radius 3 is 2.42 bits per heavy atom. The second-order valence-corrected chi connectivity index (χ2v) is 7.68. The molecule has 0 aromatic heterocycles. The minimum absolute atomic E-state index is 0.0527. The normalized spacial score (nSPS) is 24.3. The molecule has 0 amide bonds. The summed E-state index contributed by atoms with van der Waals surface area (Å²) in [5, 5.41) is 0. The van der Waals surface area contributed by atoms with Crippen LogP contribution in [0.5, 0.6) is 0 Å². The Morgan fingerprint density at radius 1 is 1.21 bits per heavy atom. The third kappa shape index (κ3) is 4.04. The molecule has 1 fully saturated rings. The summed E-state index contributed by atoms with van der Waals surface area (Å²) in [7, 11) is -3.32. The first kappa shape index (κ1) is 15.0. The predicted octanol–water partition coefficient (Wildman–Crippen LogP) is 3.84. The molecule has 1 saturated carbocycles.